The molecule has 1 heteroatoms. The van der Waals surface area contributed by atoms with E-state index >= 15 is 0 Å². The third kappa shape index (κ3) is 4.41. The van der Waals surface area contributed by atoms with Crippen molar-refractivity contribution in [2.75, 3.05) is 0 Å². The molecule has 0 spiro atoms. The van der Waals surface area contributed by atoms with Crippen LogP contribution in [-0.2, 0) is 11.8 Å². The molecule has 0 saturated carbocycles. The molecule has 162 valence electrons. The van der Waals surface area contributed by atoms with Gasteiger partial charge in [-0.1, -0.05) is 12.2 Å². The molecule has 1 aliphatic rings. The van der Waals surface area contributed by atoms with Gasteiger partial charge in [0.05, 0.1) is 0 Å². The van der Waals surface area contributed by atoms with E-state index in [1.807, 2.05) is 13.7 Å². The Morgan fingerprint density at radius 2 is 1.48 bits per heavy atom. The monoisotopic (exact) mass is 426 g/mol. The summed E-state index contributed by atoms with van der Waals surface area (Å²) in [6, 6.07) is 24.7. The van der Waals surface area contributed by atoms with Crippen molar-refractivity contribution in [2.45, 2.75) is 32.5 Å². The summed E-state index contributed by atoms with van der Waals surface area (Å²) in [5.74, 6) is 2.08. The zero-order chi connectivity index (χ0) is 23.1. The first kappa shape index (κ1) is 22.7. The van der Waals surface area contributed by atoms with Crippen LogP contribution in [0.2, 0.25) is 6.82 Å². The average Bonchev–Trinajstić information content (AvgIpc) is 3.12. The summed E-state index contributed by atoms with van der Waals surface area (Å²) in [5, 5.41) is 0. The van der Waals surface area contributed by atoms with Crippen LogP contribution in [-0.4, -0.2) is 12.9 Å². The van der Waals surface area contributed by atoms with Crippen LogP contribution in [0, 0.1) is 6.92 Å². The van der Waals surface area contributed by atoms with Crippen molar-refractivity contribution in [2.24, 2.45) is 0 Å². The third-order valence-electron chi connectivity index (χ3n) is 6.39. The average molecular weight is 426 g/mol. The van der Waals surface area contributed by atoms with Gasteiger partial charge in [-0.2, -0.15) is 0 Å². The molecule has 1 atom stereocenters. The number of hydrogen-bond donors (Lipinski definition) is 0. The van der Waals surface area contributed by atoms with Gasteiger partial charge in [0, 0.05) is 0 Å². The molecule has 1 unspecified atom stereocenters. The third-order valence-corrected chi connectivity index (χ3v) is 6.39. The summed E-state index contributed by atoms with van der Waals surface area (Å²) in [4.78, 5) is 0. The van der Waals surface area contributed by atoms with Gasteiger partial charge in [-0.25, -0.2) is 0 Å². The van der Waals surface area contributed by atoms with Crippen LogP contribution >= 0.6 is 0 Å². The molecule has 0 heterocycles. The Kier molecular flexibility index (Phi) is 7.20. The zero-order valence-electron chi connectivity index (χ0n) is 19.8. The SMILES string of the molecule is CB=C/C=C\Cc1ccc2c(c1)C(/C=C/C=C\C=C/C)(c1ccccc1C)c1ccccc1-2. The first-order valence-electron chi connectivity index (χ1n) is 11.8. The van der Waals surface area contributed by atoms with Gasteiger partial charge in [-0.05, 0) is 6.92 Å². The molecule has 3 aromatic rings. The number of aryl methyl sites for hydroxylation is 1. The maximum atomic E-state index is 2.42. The molecule has 0 aromatic heterocycles. The van der Waals surface area contributed by atoms with Gasteiger partial charge in [-0.3, -0.25) is 0 Å². The number of hydrogen-bond acceptors (Lipinski definition) is 0. The summed E-state index contributed by atoms with van der Waals surface area (Å²) in [6.45, 7) is 8.37. The molecule has 0 saturated heterocycles. The van der Waals surface area contributed by atoms with E-state index in [0.717, 1.165) is 6.42 Å². The Morgan fingerprint density at radius 1 is 0.758 bits per heavy atom. The Balaban J connectivity index is 1.96. The van der Waals surface area contributed by atoms with Crippen molar-refractivity contribution < 1.29 is 0 Å². The second-order valence-electron chi connectivity index (χ2n) is 8.48. The molecule has 3 aromatic carbocycles. The van der Waals surface area contributed by atoms with E-state index in [1.54, 1.807) is 0 Å². The molecule has 1 aliphatic carbocycles. The normalized spacial score (nSPS) is 17.5. The summed E-state index contributed by atoms with van der Waals surface area (Å²) in [6.07, 6.45) is 18.2. The molecule has 0 amide bonds. The number of rotatable bonds is 7. The van der Waals surface area contributed by atoms with E-state index in [9.17, 15) is 0 Å². The van der Waals surface area contributed by atoms with E-state index in [-0.39, 0.29) is 5.41 Å². The van der Waals surface area contributed by atoms with Gasteiger partial charge >= 0.3 is 181 Å². The predicted molar refractivity (Wildman–Crippen MR) is 147 cm³/mol. The van der Waals surface area contributed by atoms with E-state index in [0.29, 0.717) is 0 Å². The Bertz CT molecular complexity index is 1270. The second-order valence-corrected chi connectivity index (χ2v) is 8.48. The van der Waals surface area contributed by atoms with Crippen LogP contribution in [0.25, 0.3) is 11.1 Å². The van der Waals surface area contributed by atoms with E-state index in [4.69, 9.17) is 0 Å². The molecule has 0 aliphatic heterocycles. The predicted octanol–water partition coefficient (Wildman–Crippen LogP) is 7.65. The van der Waals surface area contributed by atoms with Crippen LogP contribution in [0.1, 0.15) is 34.7 Å². The topological polar surface area (TPSA) is 0 Å². The van der Waals surface area contributed by atoms with E-state index < -0.39 is 0 Å². The zero-order valence-corrected chi connectivity index (χ0v) is 19.8. The van der Waals surface area contributed by atoms with Crippen LogP contribution in [0.3, 0.4) is 0 Å². The standard InChI is InChI=1S/C32H31B/c1-4-5-6-7-13-22-32(29-18-10-8-15-25(29)2)30-19-11-9-17-27(30)28-21-20-26(24-31(28)32)16-12-14-23-33-3/h4-15,17-24H,16H2,1-3H3/b5-4-,7-6-,14-12-,22-13+. The minimum absolute atomic E-state index is 0.319. The van der Waals surface area contributed by atoms with Crippen molar-refractivity contribution in [3.8, 4) is 11.1 Å². The first-order chi connectivity index (χ1) is 16.2. The van der Waals surface area contributed by atoms with Gasteiger partial charge in [0.2, 0.25) is 0 Å². The molecule has 0 N–H and O–H groups in total. The van der Waals surface area contributed by atoms with E-state index in [2.05, 4.69) is 135 Å². The van der Waals surface area contributed by atoms with Gasteiger partial charge in [-0.15, -0.1) is 0 Å². The fourth-order valence-corrected chi connectivity index (χ4v) is 4.89. The summed E-state index contributed by atoms with van der Waals surface area (Å²) < 4.78 is 0. The number of allylic oxidation sites excluding steroid dienone is 8. The minimum atomic E-state index is -0.319. The molecule has 0 fully saturated rings. The number of benzene rings is 3. The summed E-state index contributed by atoms with van der Waals surface area (Å²) in [7, 11) is 0. The quantitative estimate of drug-likeness (QED) is 0.269. The number of fused-ring (bicyclic) bond motifs is 3. The van der Waals surface area contributed by atoms with Crippen molar-refractivity contribution in [3.63, 3.8) is 0 Å². The van der Waals surface area contributed by atoms with Gasteiger partial charge in [0.1, 0.15) is 0 Å². The van der Waals surface area contributed by atoms with Crippen LogP contribution in [0.5, 0.6) is 0 Å². The summed E-state index contributed by atoms with van der Waals surface area (Å²) in [5.41, 5.74) is 9.04. The van der Waals surface area contributed by atoms with Crippen LogP contribution in [0.15, 0.2) is 115 Å². The van der Waals surface area contributed by atoms with Crippen molar-refractivity contribution in [3.05, 3.63) is 143 Å². The molecule has 0 nitrogen and oxygen atoms in total. The van der Waals surface area contributed by atoms with Crippen molar-refractivity contribution in [1.29, 1.82) is 0 Å². The van der Waals surface area contributed by atoms with Crippen molar-refractivity contribution in [1.82, 2.24) is 0 Å². The molecule has 0 bridgehead atoms. The Hall–Kier alpha value is -3.45. The Labute approximate surface area is 199 Å². The maximum absolute atomic E-state index is 2.42. The van der Waals surface area contributed by atoms with Crippen LogP contribution < -0.4 is 0 Å². The van der Waals surface area contributed by atoms with Crippen LogP contribution in [0.4, 0.5) is 0 Å². The molecular weight excluding hydrogens is 395 g/mol. The fourth-order valence-electron chi connectivity index (χ4n) is 4.89. The van der Waals surface area contributed by atoms with Gasteiger partial charge < -0.3 is 0 Å². The fraction of sp³-hybridized carbons (Fsp3) is 0.156. The second kappa shape index (κ2) is 10.4. The first-order valence-corrected chi connectivity index (χ1v) is 11.8. The molecule has 33 heavy (non-hydrogen) atoms. The summed E-state index contributed by atoms with van der Waals surface area (Å²) >= 11 is 0. The van der Waals surface area contributed by atoms with E-state index in [1.165, 1.54) is 38.9 Å². The molecular formula is C32H31B. The molecule has 4 rings (SSSR count). The molecule has 0 radical (unpaired) electrons. The van der Waals surface area contributed by atoms with Gasteiger partial charge in [0.25, 0.3) is 0 Å². The van der Waals surface area contributed by atoms with Crippen molar-refractivity contribution >= 4 is 12.9 Å². The Morgan fingerprint density at radius 3 is 2.27 bits per heavy atom. The van der Waals surface area contributed by atoms with Gasteiger partial charge in [0.15, 0.2) is 0 Å².